The number of aromatic nitrogens is 1. The summed E-state index contributed by atoms with van der Waals surface area (Å²) in [5, 5.41) is 34.4. The Morgan fingerprint density at radius 1 is 1.20 bits per heavy atom. The molecule has 154 valence electrons. The van der Waals surface area contributed by atoms with E-state index in [0.29, 0.717) is 22.9 Å². The Morgan fingerprint density at radius 3 is 2.53 bits per heavy atom. The summed E-state index contributed by atoms with van der Waals surface area (Å²) < 4.78 is 0. The molecular formula is C23H23N3O3S. The third kappa shape index (κ3) is 4.78. The van der Waals surface area contributed by atoms with Crippen molar-refractivity contribution in [3.05, 3.63) is 59.0 Å². The SMILES string of the molecule is CC(C)c1ccc(-c2csc(NCC(C#N)(C=O)Cc3ccc(O)c(O)c3)n2)cc1. The molecule has 1 atom stereocenters. The molecule has 1 heterocycles. The first-order valence-electron chi connectivity index (χ1n) is 9.54. The van der Waals surface area contributed by atoms with E-state index < -0.39 is 5.41 Å². The quantitative estimate of drug-likeness (QED) is 0.359. The number of hydrogen-bond acceptors (Lipinski definition) is 7. The average Bonchev–Trinajstić information content (AvgIpc) is 3.23. The number of phenols is 2. The molecule has 7 heteroatoms. The lowest BCUT2D eigenvalue weighted by atomic mass is 9.84. The van der Waals surface area contributed by atoms with Crippen LogP contribution < -0.4 is 5.32 Å². The molecule has 3 aromatic rings. The molecule has 0 bridgehead atoms. The van der Waals surface area contributed by atoms with Crippen molar-refractivity contribution in [3.63, 3.8) is 0 Å². The molecule has 0 aliphatic carbocycles. The first-order valence-corrected chi connectivity index (χ1v) is 10.4. The van der Waals surface area contributed by atoms with Gasteiger partial charge in [-0.05, 0) is 35.6 Å². The number of phenolic OH excluding ortho intramolecular Hbond substituents is 2. The van der Waals surface area contributed by atoms with Gasteiger partial charge in [0.1, 0.15) is 11.7 Å². The van der Waals surface area contributed by atoms with Crippen LogP contribution in [0.5, 0.6) is 11.5 Å². The number of hydrogen-bond donors (Lipinski definition) is 3. The van der Waals surface area contributed by atoms with E-state index in [0.717, 1.165) is 11.3 Å². The van der Waals surface area contributed by atoms with Gasteiger partial charge in [0, 0.05) is 17.5 Å². The molecule has 0 aliphatic rings. The summed E-state index contributed by atoms with van der Waals surface area (Å²) >= 11 is 1.41. The van der Waals surface area contributed by atoms with E-state index in [4.69, 9.17) is 0 Å². The fraction of sp³-hybridized carbons (Fsp3) is 0.261. The number of nitrogens with one attached hydrogen (secondary N) is 1. The molecule has 0 saturated heterocycles. The lowest BCUT2D eigenvalue weighted by molar-refractivity contribution is -0.113. The fourth-order valence-electron chi connectivity index (χ4n) is 3.05. The van der Waals surface area contributed by atoms with Gasteiger partial charge in [0.25, 0.3) is 0 Å². The molecule has 1 unspecified atom stereocenters. The summed E-state index contributed by atoms with van der Waals surface area (Å²) in [6, 6.07) is 14.6. The minimum Gasteiger partial charge on any atom is -0.504 e. The number of aromatic hydroxyl groups is 2. The normalized spacial score (nSPS) is 12.9. The number of benzene rings is 2. The highest BCUT2D eigenvalue weighted by Gasteiger charge is 2.31. The van der Waals surface area contributed by atoms with Crippen LogP contribution in [0.2, 0.25) is 0 Å². The number of thiazole rings is 1. The maximum absolute atomic E-state index is 11.8. The topological polar surface area (TPSA) is 106 Å². The van der Waals surface area contributed by atoms with Crippen LogP contribution in [0.25, 0.3) is 11.3 Å². The molecule has 2 aromatic carbocycles. The van der Waals surface area contributed by atoms with Crippen LogP contribution in [-0.4, -0.2) is 28.0 Å². The monoisotopic (exact) mass is 421 g/mol. The Balaban J connectivity index is 1.71. The molecule has 0 aliphatic heterocycles. The molecule has 0 amide bonds. The van der Waals surface area contributed by atoms with E-state index in [2.05, 4.69) is 42.4 Å². The van der Waals surface area contributed by atoms with Crippen molar-refractivity contribution in [1.29, 1.82) is 5.26 Å². The molecule has 0 saturated carbocycles. The van der Waals surface area contributed by atoms with Gasteiger partial charge in [-0.1, -0.05) is 44.2 Å². The largest absolute Gasteiger partial charge is 0.504 e. The lowest BCUT2D eigenvalue weighted by Gasteiger charge is -2.20. The molecule has 6 nitrogen and oxygen atoms in total. The Morgan fingerprint density at radius 2 is 1.93 bits per heavy atom. The molecule has 30 heavy (non-hydrogen) atoms. The van der Waals surface area contributed by atoms with Gasteiger partial charge in [-0.3, -0.25) is 0 Å². The highest BCUT2D eigenvalue weighted by molar-refractivity contribution is 7.14. The van der Waals surface area contributed by atoms with Gasteiger partial charge in [0.2, 0.25) is 0 Å². The first-order chi connectivity index (χ1) is 14.4. The highest BCUT2D eigenvalue weighted by atomic mass is 32.1. The zero-order valence-electron chi connectivity index (χ0n) is 16.8. The van der Waals surface area contributed by atoms with Crippen molar-refractivity contribution in [2.75, 3.05) is 11.9 Å². The average molecular weight is 422 g/mol. The van der Waals surface area contributed by atoms with Gasteiger partial charge in [0.15, 0.2) is 16.6 Å². The number of carbonyl (C=O) groups excluding carboxylic acids is 1. The van der Waals surface area contributed by atoms with E-state index >= 15 is 0 Å². The van der Waals surface area contributed by atoms with Crippen LogP contribution in [-0.2, 0) is 11.2 Å². The standard InChI is InChI=1S/C23H23N3O3S/c1-15(2)17-4-6-18(7-5-17)19-11-30-22(26-19)25-13-23(12-24,14-27)10-16-3-8-20(28)21(29)9-16/h3-9,11,14-15,28-29H,10,13H2,1-2H3,(H,25,26). The van der Waals surface area contributed by atoms with Crippen LogP contribution >= 0.6 is 11.3 Å². The smallest absolute Gasteiger partial charge is 0.183 e. The van der Waals surface area contributed by atoms with Crippen LogP contribution in [0.15, 0.2) is 47.8 Å². The predicted molar refractivity (Wildman–Crippen MR) is 118 cm³/mol. The number of nitrogens with zero attached hydrogens (tertiary/aromatic N) is 2. The maximum Gasteiger partial charge on any atom is 0.183 e. The zero-order valence-corrected chi connectivity index (χ0v) is 17.6. The van der Waals surface area contributed by atoms with E-state index in [1.54, 1.807) is 6.07 Å². The van der Waals surface area contributed by atoms with Crippen molar-refractivity contribution in [2.24, 2.45) is 5.41 Å². The van der Waals surface area contributed by atoms with Crippen molar-refractivity contribution in [1.82, 2.24) is 4.98 Å². The van der Waals surface area contributed by atoms with Gasteiger partial charge >= 0.3 is 0 Å². The van der Waals surface area contributed by atoms with Crippen LogP contribution in [0, 0.1) is 16.7 Å². The van der Waals surface area contributed by atoms with Gasteiger partial charge in [-0.2, -0.15) is 5.26 Å². The Kier molecular flexibility index (Phi) is 6.38. The summed E-state index contributed by atoms with van der Waals surface area (Å²) in [4.78, 5) is 16.3. The highest BCUT2D eigenvalue weighted by Crippen LogP contribution is 2.30. The van der Waals surface area contributed by atoms with Gasteiger partial charge in [-0.15, -0.1) is 11.3 Å². The van der Waals surface area contributed by atoms with Gasteiger partial charge in [0.05, 0.1) is 11.8 Å². The number of anilines is 1. The van der Waals surface area contributed by atoms with Gasteiger partial charge < -0.3 is 20.3 Å². The second-order valence-corrected chi connectivity index (χ2v) is 8.41. The minimum atomic E-state index is -1.33. The van der Waals surface area contributed by atoms with E-state index in [1.165, 1.54) is 29.0 Å². The van der Waals surface area contributed by atoms with Crippen molar-refractivity contribution >= 4 is 22.8 Å². The maximum atomic E-state index is 11.8. The molecule has 0 fully saturated rings. The minimum absolute atomic E-state index is 0.0773. The Hall–Kier alpha value is -3.37. The van der Waals surface area contributed by atoms with Crippen molar-refractivity contribution in [3.8, 4) is 28.8 Å². The summed E-state index contributed by atoms with van der Waals surface area (Å²) in [7, 11) is 0. The van der Waals surface area contributed by atoms with Crippen molar-refractivity contribution < 1.29 is 15.0 Å². The molecule has 0 spiro atoms. The van der Waals surface area contributed by atoms with E-state index in [9.17, 15) is 20.3 Å². The van der Waals surface area contributed by atoms with Crippen molar-refractivity contribution in [2.45, 2.75) is 26.2 Å². The summed E-state index contributed by atoms with van der Waals surface area (Å²) in [5.41, 5.74) is 2.34. The second-order valence-electron chi connectivity index (χ2n) is 7.55. The summed E-state index contributed by atoms with van der Waals surface area (Å²) in [5.74, 6) is -0.0711. The Labute approximate surface area is 179 Å². The van der Waals surface area contributed by atoms with Crippen LogP contribution in [0.3, 0.4) is 0 Å². The molecule has 3 N–H and O–H groups in total. The second kappa shape index (κ2) is 8.97. The van der Waals surface area contributed by atoms with Crippen LogP contribution in [0.4, 0.5) is 5.13 Å². The fourth-order valence-corrected chi connectivity index (χ4v) is 3.77. The van der Waals surface area contributed by atoms with E-state index in [1.807, 2.05) is 17.5 Å². The molecule has 3 rings (SSSR count). The number of nitriles is 1. The number of carbonyl (C=O) groups is 1. The molecular weight excluding hydrogens is 398 g/mol. The third-order valence-corrected chi connectivity index (χ3v) is 5.74. The first kappa shape index (κ1) is 21.3. The lowest BCUT2D eigenvalue weighted by Crippen LogP contribution is -2.32. The molecule has 0 radical (unpaired) electrons. The van der Waals surface area contributed by atoms with E-state index in [-0.39, 0.29) is 24.5 Å². The third-order valence-electron chi connectivity index (χ3n) is 4.94. The number of rotatable bonds is 8. The Bertz CT molecular complexity index is 1070. The van der Waals surface area contributed by atoms with Crippen LogP contribution in [0.1, 0.15) is 30.9 Å². The van der Waals surface area contributed by atoms with Gasteiger partial charge in [-0.25, -0.2) is 4.98 Å². The zero-order chi connectivity index (χ0) is 21.7. The summed E-state index contributed by atoms with van der Waals surface area (Å²) in [6.45, 7) is 4.37. The summed E-state index contributed by atoms with van der Waals surface area (Å²) in [6.07, 6.45) is 0.714. The molecule has 1 aromatic heterocycles. The number of aldehydes is 1. The predicted octanol–water partition coefficient (Wildman–Crippen LogP) is 4.71.